The summed E-state index contributed by atoms with van der Waals surface area (Å²) in [5, 5.41) is 2.29. The lowest BCUT2D eigenvalue weighted by Crippen LogP contribution is -2.33. The molecule has 0 fully saturated rings. The van der Waals surface area contributed by atoms with Gasteiger partial charge in [0.05, 0.1) is 22.6 Å². The van der Waals surface area contributed by atoms with Crippen LogP contribution in [0.5, 0.6) is 0 Å². The minimum Gasteiger partial charge on any atom is -0.404 e. The number of nitrogens with two attached hydrogens (primary N) is 1. The predicted molar refractivity (Wildman–Crippen MR) is 98.2 cm³/mol. The first kappa shape index (κ1) is 17.7. The first-order valence-electron chi connectivity index (χ1n) is 8.06. The Morgan fingerprint density at radius 3 is 2.83 bits per heavy atom. The van der Waals surface area contributed by atoms with Crippen LogP contribution in [0, 0.1) is 0 Å². The lowest BCUT2D eigenvalue weighted by Gasteiger charge is -2.14. The molecule has 4 nitrogen and oxygen atoms in total. The van der Waals surface area contributed by atoms with Crippen LogP contribution in [-0.4, -0.2) is 22.8 Å². The Morgan fingerprint density at radius 2 is 2.22 bits per heavy atom. The van der Waals surface area contributed by atoms with Crippen LogP contribution in [0.15, 0.2) is 22.3 Å². The second-order valence-electron chi connectivity index (χ2n) is 6.79. The van der Waals surface area contributed by atoms with E-state index in [9.17, 15) is 0 Å². The molecule has 23 heavy (non-hydrogen) atoms. The molecule has 1 aliphatic heterocycles. The van der Waals surface area contributed by atoms with Crippen LogP contribution in [0.4, 0.5) is 0 Å². The minimum absolute atomic E-state index is 0.170. The smallest absolute Gasteiger partial charge is 0.138 e. The van der Waals surface area contributed by atoms with E-state index in [1.807, 2.05) is 26.8 Å². The van der Waals surface area contributed by atoms with Gasteiger partial charge in [0.25, 0.3) is 0 Å². The van der Waals surface area contributed by atoms with Crippen molar-refractivity contribution in [2.45, 2.75) is 58.5 Å². The van der Waals surface area contributed by atoms with Crippen molar-refractivity contribution in [1.29, 1.82) is 0 Å². The van der Waals surface area contributed by atoms with Gasteiger partial charge in [-0.05, 0) is 39.7 Å². The summed E-state index contributed by atoms with van der Waals surface area (Å²) in [7, 11) is 0. The van der Waals surface area contributed by atoms with E-state index in [4.69, 9.17) is 22.3 Å². The van der Waals surface area contributed by atoms with E-state index in [1.165, 1.54) is 6.20 Å². The van der Waals surface area contributed by atoms with Crippen molar-refractivity contribution >= 4 is 29.5 Å². The maximum Gasteiger partial charge on any atom is 0.138 e. The first-order valence-corrected chi connectivity index (χ1v) is 8.44. The lowest BCUT2D eigenvalue weighted by molar-refractivity contribution is 0.587. The SMILES string of the molecule is CCCC1CC=c2c(Cl)nc(C(C=NC(C)(C)C)=CN)cc2=N1. The monoisotopic (exact) mass is 332 g/mol. The van der Waals surface area contributed by atoms with Gasteiger partial charge in [0.1, 0.15) is 5.15 Å². The highest BCUT2D eigenvalue weighted by Crippen LogP contribution is 2.14. The number of aliphatic imine (C=N–C) groups is 1. The molecule has 2 N–H and O–H groups in total. The summed E-state index contributed by atoms with van der Waals surface area (Å²) >= 11 is 6.35. The average Bonchev–Trinajstić information content (AvgIpc) is 2.47. The normalized spacial score (nSPS) is 18.5. The van der Waals surface area contributed by atoms with Gasteiger partial charge in [0, 0.05) is 23.2 Å². The molecule has 0 bridgehead atoms. The van der Waals surface area contributed by atoms with Crippen molar-refractivity contribution in [3.05, 3.63) is 33.7 Å². The standard InChI is InChI=1S/C18H25ClN4/c1-5-6-13-7-8-14-16(22-13)9-15(23-17(14)19)12(10-20)11-21-18(2,3)4/h8-11,13H,5-7,20H2,1-4H3. The number of hydrogen-bond donors (Lipinski definition) is 1. The van der Waals surface area contributed by atoms with Gasteiger partial charge in [-0.25, -0.2) is 4.98 Å². The van der Waals surface area contributed by atoms with Gasteiger partial charge in [0.2, 0.25) is 0 Å². The highest BCUT2D eigenvalue weighted by Gasteiger charge is 2.13. The number of halogens is 1. The fourth-order valence-electron chi connectivity index (χ4n) is 2.43. The fraction of sp³-hybridized carbons (Fsp3) is 0.500. The van der Waals surface area contributed by atoms with Crippen LogP contribution in [-0.2, 0) is 0 Å². The number of pyridine rings is 1. The summed E-state index contributed by atoms with van der Waals surface area (Å²) < 4.78 is 0. The molecule has 0 aromatic carbocycles. The van der Waals surface area contributed by atoms with Crippen molar-refractivity contribution < 1.29 is 0 Å². The van der Waals surface area contributed by atoms with E-state index in [0.29, 0.717) is 16.9 Å². The number of aromatic nitrogens is 1. The summed E-state index contributed by atoms with van der Waals surface area (Å²) in [6.45, 7) is 8.27. The third-order valence-electron chi connectivity index (χ3n) is 3.59. The van der Waals surface area contributed by atoms with Gasteiger partial charge in [-0.2, -0.15) is 0 Å². The molecule has 1 atom stereocenters. The van der Waals surface area contributed by atoms with Crippen molar-refractivity contribution in [1.82, 2.24) is 4.98 Å². The molecule has 0 aliphatic carbocycles. The summed E-state index contributed by atoms with van der Waals surface area (Å²) in [4.78, 5) is 13.8. The van der Waals surface area contributed by atoms with Crippen molar-refractivity contribution in [3.8, 4) is 0 Å². The molecule has 1 unspecified atom stereocenters. The van der Waals surface area contributed by atoms with Crippen LogP contribution >= 0.6 is 11.6 Å². The van der Waals surface area contributed by atoms with Crippen LogP contribution in [0.2, 0.25) is 5.15 Å². The first-order chi connectivity index (χ1) is 10.8. The Kier molecular flexibility index (Phi) is 5.58. The second-order valence-corrected chi connectivity index (χ2v) is 7.15. The molecule has 2 heterocycles. The molecule has 0 saturated carbocycles. The molecule has 0 radical (unpaired) electrons. The highest BCUT2D eigenvalue weighted by molar-refractivity contribution is 6.29. The lowest BCUT2D eigenvalue weighted by atomic mass is 10.0. The minimum atomic E-state index is -0.170. The Morgan fingerprint density at radius 1 is 1.48 bits per heavy atom. The summed E-state index contributed by atoms with van der Waals surface area (Å²) in [5.41, 5.74) is 7.05. The largest absolute Gasteiger partial charge is 0.404 e. The average molecular weight is 333 g/mol. The molecule has 0 spiro atoms. The van der Waals surface area contributed by atoms with Crippen LogP contribution in [0.3, 0.4) is 0 Å². The number of nitrogens with zero attached hydrogens (tertiary/aromatic N) is 3. The van der Waals surface area contributed by atoms with Crippen molar-refractivity contribution in [2.75, 3.05) is 0 Å². The molecule has 2 rings (SSSR count). The third-order valence-corrected chi connectivity index (χ3v) is 3.88. The fourth-order valence-corrected chi connectivity index (χ4v) is 2.70. The van der Waals surface area contributed by atoms with E-state index >= 15 is 0 Å². The Balaban J connectivity index is 2.47. The molecule has 0 amide bonds. The molecular weight excluding hydrogens is 308 g/mol. The highest BCUT2D eigenvalue weighted by atomic mass is 35.5. The van der Waals surface area contributed by atoms with E-state index in [1.54, 1.807) is 6.21 Å². The van der Waals surface area contributed by atoms with Crippen LogP contribution < -0.4 is 16.3 Å². The number of rotatable bonds is 4. The van der Waals surface area contributed by atoms with E-state index in [0.717, 1.165) is 35.4 Å². The summed E-state index contributed by atoms with van der Waals surface area (Å²) in [6.07, 6.45) is 8.52. The Bertz CT molecular complexity index is 742. The zero-order valence-corrected chi connectivity index (χ0v) is 15.1. The van der Waals surface area contributed by atoms with E-state index < -0.39 is 0 Å². The van der Waals surface area contributed by atoms with E-state index in [2.05, 4.69) is 23.0 Å². The molecular formula is C18H25ClN4. The quantitative estimate of drug-likeness (QED) is 0.680. The van der Waals surface area contributed by atoms with Gasteiger partial charge < -0.3 is 5.73 Å². The van der Waals surface area contributed by atoms with Gasteiger partial charge in [-0.3, -0.25) is 9.98 Å². The molecule has 5 heteroatoms. The molecule has 124 valence electrons. The van der Waals surface area contributed by atoms with Gasteiger partial charge in [-0.1, -0.05) is 31.0 Å². The van der Waals surface area contributed by atoms with Crippen LogP contribution in [0.1, 0.15) is 52.7 Å². The predicted octanol–water partition coefficient (Wildman–Crippen LogP) is 2.88. The van der Waals surface area contributed by atoms with Gasteiger partial charge in [-0.15, -0.1) is 0 Å². The zero-order chi connectivity index (χ0) is 17.0. The maximum atomic E-state index is 6.35. The van der Waals surface area contributed by atoms with Crippen LogP contribution in [0.25, 0.3) is 11.6 Å². The number of hydrogen-bond acceptors (Lipinski definition) is 4. The summed E-state index contributed by atoms with van der Waals surface area (Å²) in [6, 6.07) is 2.28. The maximum absolute atomic E-state index is 6.35. The topological polar surface area (TPSA) is 63.6 Å². The summed E-state index contributed by atoms with van der Waals surface area (Å²) in [5.74, 6) is 0. The van der Waals surface area contributed by atoms with Gasteiger partial charge in [0.15, 0.2) is 0 Å². The Hall–Kier alpha value is -1.68. The van der Waals surface area contributed by atoms with Crippen molar-refractivity contribution in [3.63, 3.8) is 0 Å². The Labute approximate surface area is 142 Å². The molecule has 1 aliphatic rings. The molecule has 1 aromatic rings. The van der Waals surface area contributed by atoms with E-state index in [-0.39, 0.29) is 5.54 Å². The number of allylic oxidation sites excluding steroid dienone is 1. The van der Waals surface area contributed by atoms with Crippen molar-refractivity contribution in [2.24, 2.45) is 15.7 Å². The molecule has 1 aromatic heterocycles. The number of fused-ring (bicyclic) bond motifs is 1. The second kappa shape index (κ2) is 7.26. The molecule has 0 saturated heterocycles. The van der Waals surface area contributed by atoms with Gasteiger partial charge >= 0.3 is 0 Å². The zero-order valence-electron chi connectivity index (χ0n) is 14.3. The third kappa shape index (κ3) is 4.64.